The Morgan fingerprint density at radius 1 is 1.12 bits per heavy atom. The van der Waals surface area contributed by atoms with Gasteiger partial charge in [-0.15, -0.1) is 0 Å². The smallest absolute Gasteiger partial charge is 0.416 e. The topological polar surface area (TPSA) is 66.4 Å². The monoisotopic (exact) mass is 415 g/mol. The Labute approximate surface area is 149 Å². The van der Waals surface area contributed by atoms with Gasteiger partial charge in [-0.1, -0.05) is 40.2 Å². The third-order valence-corrected chi connectivity index (χ3v) is 3.88. The van der Waals surface area contributed by atoms with Crippen molar-refractivity contribution >= 4 is 27.8 Å². The average molecular weight is 416 g/mol. The summed E-state index contributed by atoms with van der Waals surface area (Å²) < 4.78 is 38.9. The van der Waals surface area contributed by atoms with Crippen molar-refractivity contribution in [1.82, 2.24) is 5.32 Å². The lowest BCUT2D eigenvalue weighted by molar-refractivity contribution is -0.139. The summed E-state index contributed by atoms with van der Waals surface area (Å²) in [5.41, 5.74) is -0.464. The van der Waals surface area contributed by atoms with E-state index in [0.717, 1.165) is 12.1 Å². The Bertz CT molecular complexity index is 793. The molecule has 0 bridgehead atoms. The minimum Gasteiger partial charge on any atom is -0.480 e. The van der Waals surface area contributed by atoms with E-state index >= 15 is 0 Å². The van der Waals surface area contributed by atoms with Crippen LogP contribution in [-0.2, 0) is 17.4 Å². The van der Waals surface area contributed by atoms with E-state index in [1.54, 1.807) is 12.1 Å². The molecule has 8 heteroatoms. The van der Waals surface area contributed by atoms with Gasteiger partial charge in [-0.05, 0) is 29.8 Å². The molecule has 2 aromatic rings. The first kappa shape index (κ1) is 19.0. The summed E-state index contributed by atoms with van der Waals surface area (Å²) in [5, 5.41) is 11.6. The molecule has 2 aromatic carbocycles. The first-order chi connectivity index (χ1) is 11.7. The van der Waals surface area contributed by atoms with E-state index in [2.05, 4.69) is 21.2 Å². The third kappa shape index (κ3) is 5.32. The van der Waals surface area contributed by atoms with Gasteiger partial charge in [-0.2, -0.15) is 13.2 Å². The number of carbonyl (C=O) groups excluding carboxylic acids is 1. The molecule has 0 unspecified atom stereocenters. The van der Waals surface area contributed by atoms with Gasteiger partial charge in [0.05, 0.1) is 5.56 Å². The van der Waals surface area contributed by atoms with E-state index in [1.165, 1.54) is 24.3 Å². The molecule has 0 saturated heterocycles. The number of amides is 1. The van der Waals surface area contributed by atoms with Gasteiger partial charge < -0.3 is 10.4 Å². The van der Waals surface area contributed by atoms with Crippen LogP contribution in [0.15, 0.2) is 53.0 Å². The Balaban J connectivity index is 2.17. The maximum atomic E-state index is 12.7. The average Bonchev–Trinajstić information content (AvgIpc) is 2.53. The largest absolute Gasteiger partial charge is 0.480 e. The van der Waals surface area contributed by atoms with E-state index in [4.69, 9.17) is 0 Å². The zero-order valence-electron chi connectivity index (χ0n) is 12.7. The van der Waals surface area contributed by atoms with Crippen LogP contribution in [0.1, 0.15) is 21.5 Å². The molecule has 1 amide bonds. The number of carboxylic acids is 1. The van der Waals surface area contributed by atoms with Crippen LogP contribution in [-0.4, -0.2) is 23.0 Å². The van der Waals surface area contributed by atoms with Gasteiger partial charge in [0, 0.05) is 16.5 Å². The molecule has 0 fully saturated rings. The van der Waals surface area contributed by atoms with Crippen molar-refractivity contribution < 1.29 is 27.9 Å². The van der Waals surface area contributed by atoms with Crippen LogP contribution in [0.3, 0.4) is 0 Å². The van der Waals surface area contributed by atoms with Gasteiger partial charge in [0.1, 0.15) is 6.04 Å². The molecule has 0 aliphatic carbocycles. The number of hydrogen-bond donors (Lipinski definition) is 2. The number of carboxylic acid groups (broad SMARTS) is 1. The first-order valence-corrected chi connectivity index (χ1v) is 7.91. The molecule has 0 spiro atoms. The van der Waals surface area contributed by atoms with Gasteiger partial charge in [0.2, 0.25) is 0 Å². The van der Waals surface area contributed by atoms with Crippen LogP contribution < -0.4 is 5.32 Å². The van der Waals surface area contributed by atoms with Gasteiger partial charge in [-0.3, -0.25) is 4.79 Å². The quantitative estimate of drug-likeness (QED) is 0.778. The number of carbonyl (C=O) groups is 2. The maximum absolute atomic E-state index is 12.7. The number of nitrogens with one attached hydrogen (secondary N) is 1. The molecule has 1 atom stereocenters. The zero-order valence-corrected chi connectivity index (χ0v) is 14.3. The fraction of sp³-hybridized carbons (Fsp3) is 0.176. The highest BCUT2D eigenvalue weighted by Crippen LogP contribution is 2.29. The lowest BCUT2D eigenvalue weighted by Crippen LogP contribution is -2.42. The molecule has 0 aromatic heterocycles. The van der Waals surface area contributed by atoms with Crippen LogP contribution in [0.5, 0.6) is 0 Å². The molecule has 0 radical (unpaired) electrons. The summed E-state index contributed by atoms with van der Waals surface area (Å²) in [6.07, 6.45) is -4.78. The highest BCUT2D eigenvalue weighted by Gasteiger charge is 2.31. The number of halogens is 4. The lowest BCUT2D eigenvalue weighted by Gasteiger charge is -2.16. The highest BCUT2D eigenvalue weighted by molar-refractivity contribution is 9.10. The van der Waals surface area contributed by atoms with Crippen LogP contribution in [0.25, 0.3) is 0 Å². The third-order valence-electron chi connectivity index (χ3n) is 3.38. The summed E-state index contributed by atoms with van der Waals surface area (Å²) in [4.78, 5) is 23.5. The lowest BCUT2D eigenvalue weighted by atomic mass is 10.0. The molecule has 0 heterocycles. The van der Waals surface area contributed by atoms with Crippen molar-refractivity contribution in [1.29, 1.82) is 0 Å². The van der Waals surface area contributed by atoms with Crippen molar-refractivity contribution in [3.8, 4) is 0 Å². The van der Waals surface area contributed by atoms with E-state index < -0.39 is 29.7 Å². The van der Waals surface area contributed by atoms with E-state index in [0.29, 0.717) is 4.47 Å². The van der Waals surface area contributed by atoms with Crippen molar-refractivity contribution in [2.75, 3.05) is 0 Å². The second-order valence-electron chi connectivity index (χ2n) is 5.28. The molecule has 0 aliphatic rings. The number of aliphatic carboxylic acids is 1. The number of hydrogen-bond acceptors (Lipinski definition) is 2. The van der Waals surface area contributed by atoms with Gasteiger partial charge in [-0.25, -0.2) is 4.79 Å². The van der Waals surface area contributed by atoms with Crippen molar-refractivity contribution in [3.63, 3.8) is 0 Å². The molecule has 2 rings (SSSR count). The highest BCUT2D eigenvalue weighted by atomic mass is 79.9. The van der Waals surface area contributed by atoms with Crippen LogP contribution in [0.2, 0.25) is 0 Å². The fourth-order valence-electron chi connectivity index (χ4n) is 2.18. The first-order valence-electron chi connectivity index (χ1n) is 7.12. The summed E-state index contributed by atoms with van der Waals surface area (Å²) in [7, 11) is 0. The summed E-state index contributed by atoms with van der Waals surface area (Å²) >= 11 is 3.20. The normalized spacial score (nSPS) is 12.5. The van der Waals surface area contributed by atoms with Crippen LogP contribution in [0, 0.1) is 0 Å². The fourth-order valence-corrected chi connectivity index (χ4v) is 2.58. The minimum atomic E-state index is -4.52. The van der Waals surface area contributed by atoms with Gasteiger partial charge >= 0.3 is 12.1 Å². The van der Waals surface area contributed by atoms with Crippen molar-refractivity contribution in [2.24, 2.45) is 0 Å². The Morgan fingerprint density at radius 3 is 2.40 bits per heavy atom. The Hall–Kier alpha value is -2.35. The zero-order chi connectivity index (χ0) is 18.6. The number of benzene rings is 2. The second-order valence-corrected chi connectivity index (χ2v) is 6.19. The maximum Gasteiger partial charge on any atom is 0.416 e. The minimum absolute atomic E-state index is 0.164. The van der Waals surface area contributed by atoms with Crippen molar-refractivity contribution in [2.45, 2.75) is 18.6 Å². The van der Waals surface area contributed by atoms with E-state index in [1.807, 2.05) is 0 Å². The molecule has 2 N–H and O–H groups in total. The van der Waals surface area contributed by atoms with Gasteiger partial charge in [0.25, 0.3) is 5.91 Å². The van der Waals surface area contributed by atoms with Crippen LogP contribution >= 0.6 is 15.9 Å². The second kappa shape index (κ2) is 7.69. The Kier molecular flexibility index (Phi) is 5.84. The standard InChI is InChI=1S/C17H13BrF3NO3/c18-13-6-2-4-11(9-13)15(23)22-14(16(24)25)8-10-3-1-5-12(7-10)17(19,20)21/h1-7,9,14H,8H2,(H,22,23)(H,24,25)/t14-/m0/s1. The number of alkyl halides is 3. The predicted octanol–water partition coefficient (Wildman–Crippen LogP) is 3.89. The Morgan fingerprint density at radius 2 is 1.80 bits per heavy atom. The molecule has 4 nitrogen and oxygen atoms in total. The molecule has 25 heavy (non-hydrogen) atoms. The summed E-state index contributed by atoms with van der Waals surface area (Å²) in [5.74, 6) is -1.96. The SMILES string of the molecule is O=C(N[C@@H](Cc1cccc(C(F)(F)F)c1)C(=O)O)c1cccc(Br)c1. The molecule has 0 saturated carbocycles. The van der Waals surface area contributed by atoms with E-state index in [9.17, 15) is 27.9 Å². The molecule has 0 aliphatic heterocycles. The molecule has 132 valence electrons. The molecular formula is C17H13BrF3NO3. The number of rotatable bonds is 5. The predicted molar refractivity (Wildman–Crippen MR) is 88.2 cm³/mol. The van der Waals surface area contributed by atoms with Crippen molar-refractivity contribution in [3.05, 3.63) is 69.7 Å². The summed E-state index contributed by atoms with van der Waals surface area (Å²) in [6, 6.07) is 9.34. The van der Waals surface area contributed by atoms with E-state index in [-0.39, 0.29) is 17.5 Å². The van der Waals surface area contributed by atoms with Crippen LogP contribution in [0.4, 0.5) is 13.2 Å². The molecular weight excluding hydrogens is 403 g/mol. The van der Waals surface area contributed by atoms with Gasteiger partial charge in [0.15, 0.2) is 0 Å². The summed E-state index contributed by atoms with van der Waals surface area (Å²) in [6.45, 7) is 0.